The standard InChI is InChI=1S/C17H25NO2.ClH/c1-18(13-15-8-4-2-5-9-15)14-17(12-16(19)20)10-6-3-7-11-17;/h2,4-5,8-9H,3,6-7,10-14H2,1H3,(H,19,20);1H. The second-order valence-corrected chi connectivity index (χ2v) is 6.29. The first kappa shape index (κ1) is 18.0. The van der Waals surface area contributed by atoms with Gasteiger partial charge in [0.2, 0.25) is 0 Å². The van der Waals surface area contributed by atoms with E-state index in [2.05, 4.69) is 36.2 Å². The van der Waals surface area contributed by atoms with Crippen LogP contribution in [-0.4, -0.2) is 29.6 Å². The third-order valence-electron chi connectivity index (χ3n) is 4.34. The van der Waals surface area contributed by atoms with Gasteiger partial charge in [0.15, 0.2) is 0 Å². The topological polar surface area (TPSA) is 40.5 Å². The van der Waals surface area contributed by atoms with E-state index in [1.54, 1.807) is 0 Å². The molecule has 4 heteroatoms. The van der Waals surface area contributed by atoms with Crippen LogP contribution in [-0.2, 0) is 11.3 Å². The van der Waals surface area contributed by atoms with Crippen molar-refractivity contribution in [3.8, 4) is 0 Å². The fourth-order valence-electron chi connectivity index (χ4n) is 3.54. The van der Waals surface area contributed by atoms with Crippen molar-refractivity contribution in [2.24, 2.45) is 5.41 Å². The van der Waals surface area contributed by atoms with Crippen LogP contribution < -0.4 is 0 Å². The van der Waals surface area contributed by atoms with Crippen molar-refractivity contribution in [3.05, 3.63) is 35.9 Å². The quantitative estimate of drug-likeness (QED) is 0.864. The molecule has 0 atom stereocenters. The lowest BCUT2D eigenvalue weighted by Crippen LogP contribution is -2.38. The molecule has 0 saturated heterocycles. The summed E-state index contributed by atoms with van der Waals surface area (Å²) in [6.45, 7) is 1.77. The molecule has 0 radical (unpaired) electrons. The predicted octanol–water partition coefficient (Wildman–Crippen LogP) is 3.97. The van der Waals surface area contributed by atoms with Crippen LogP contribution in [0.4, 0.5) is 0 Å². The summed E-state index contributed by atoms with van der Waals surface area (Å²) < 4.78 is 0. The van der Waals surface area contributed by atoms with Gasteiger partial charge in [0.25, 0.3) is 0 Å². The number of benzene rings is 1. The van der Waals surface area contributed by atoms with Crippen molar-refractivity contribution < 1.29 is 9.90 Å². The van der Waals surface area contributed by atoms with E-state index in [1.165, 1.54) is 24.8 Å². The molecule has 0 amide bonds. The molecule has 3 nitrogen and oxygen atoms in total. The molecule has 118 valence electrons. The highest BCUT2D eigenvalue weighted by Gasteiger charge is 2.35. The van der Waals surface area contributed by atoms with E-state index in [-0.39, 0.29) is 17.8 Å². The van der Waals surface area contributed by atoms with Crippen LogP contribution in [0.1, 0.15) is 44.1 Å². The number of halogens is 1. The third kappa shape index (κ3) is 5.68. The van der Waals surface area contributed by atoms with Crippen LogP contribution in [0.2, 0.25) is 0 Å². The van der Waals surface area contributed by atoms with Gasteiger partial charge >= 0.3 is 5.97 Å². The van der Waals surface area contributed by atoms with Crippen LogP contribution in [0.5, 0.6) is 0 Å². The highest BCUT2D eigenvalue weighted by molar-refractivity contribution is 5.85. The van der Waals surface area contributed by atoms with Crippen molar-refractivity contribution >= 4 is 18.4 Å². The Balaban J connectivity index is 0.00000220. The first-order chi connectivity index (χ1) is 9.60. The third-order valence-corrected chi connectivity index (χ3v) is 4.34. The molecule has 21 heavy (non-hydrogen) atoms. The van der Waals surface area contributed by atoms with E-state index in [0.717, 1.165) is 25.9 Å². The number of carboxylic acid groups (broad SMARTS) is 1. The van der Waals surface area contributed by atoms with Crippen LogP contribution in [0, 0.1) is 5.41 Å². The van der Waals surface area contributed by atoms with Crippen LogP contribution in [0.25, 0.3) is 0 Å². The number of carboxylic acids is 1. The predicted molar refractivity (Wildman–Crippen MR) is 87.8 cm³/mol. The molecule has 1 aliphatic carbocycles. The lowest BCUT2D eigenvalue weighted by Gasteiger charge is -2.39. The van der Waals surface area contributed by atoms with Gasteiger partial charge in [0.05, 0.1) is 6.42 Å². The minimum atomic E-state index is -0.653. The van der Waals surface area contributed by atoms with E-state index < -0.39 is 5.97 Å². The maximum atomic E-state index is 11.2. The zero-order valence-corrected chi connectivity index (χ0v) is 13.6. The Morgan fingerprint density at radius 1 is 1.19 bits per heavy atom. The number of aliphatic carboxylic acids is 1. The van der Waals surface area contributed by atoms with Gasteiger partial charge in [0, 0.05) is 13.1 Å². The number of hydrogen-bond donors (Lipinski definition) is 1. The highest BCUT2D eigenvalue weighted by atomic mass is 35.5. The van der Waals surface area contributed by atoms with Crippen LogP contribution in [0.15, 0.2) is 30.3 Å². The van der Waals surface area contributed by atoms with Crippen LogP contribution >= 0.6 is 12.4 Å². The number of rotatable bonds is 6. The first-order valence-electron chi connectivity index (χ1n) is 7.54. The maximum Gasteiger partial charge on any atom is 0.303 e. The Morgan fingerprint density at radius 2 is 1.81 bits per heavy atom. The summed E-state index contributed by atoms with van der Waals surface area (Å²) in [5.41, 5.74) is 1.27. The molecular formula is C17H26ClNO2. The van der Waals surface area contributed by atoms with Crippen molar-refractivity contribution in [2.75, 3.05) is 13.6 Å². The number of hydrogen-bond acceptors (Lipinski definition) is 2. The average Bonchev–Trinajstić information content (AvgIpc) is 2.39. The monoisotopic (exact) mass is 311 g/mol. The van der Waals surface area contributed by atoms with E-state index in [9.17, 15) is 9.90 Å². The molecule has 0 unspecified atom stereocenters. The summed E-state index contributed by atoms with van der Waals surface area (Å²) in [4.78, 5) is 13.5. The average molecular weight is 312 g/mol. The fraction of sp³-hybridized carbons (Fsp3) is 0.588. The zero-order chi connectivity index (χ0) is 14.4. The first-order valence-corrected chi connectivity index (χ1v) is 7.54. The van der Waals surface area contributed by atoms with Gasteiger partial charge in [-0.1, -0.05) is 49.6 Å². The molecule has 1 N–H and O–H groups in total. The minimum Gasteiger partial charge on any atom is -0.481 e. The molecule has 0 spiro atoms. The largest absolute Gasteiger partial charge is 0.481 e. The molecule has 0 bridgehead atoms. The maximum absolute atomic E-state index is 11.2. The molecule has 1 aromatic rings. The Morgan fingerprint density at radius 3 is 2.38 bits per heavy atom. The van der Waals surface area contributed by atoms with Gasteiger partial charge in [-0.2, -0.15) is 0 Å². The SMILES string of the molecule is CN(Cc1ccccc1)CC1(CC(=O)O)CCCCC1.Cl. The molecule has 1 aromatic carbocycles. The Kier molecular flexibility index (Phi) is 7.20. The minimum absolute atomic E-state index is 0. The van der Waals surface area contributed by atoms with Crippen molar-refractivity contribution in [1.29, 1.82) is 0 Å². The lowest BCUT2D eigenvalue weighted by atomic mass is 9.71. The van der Waals surface area contributed by atoms with Gasteiger partial charge in [-0.3, -0.25) is 4.79 Å². The van der Waals surface area contributed by atoms with Gasteiger partial charge < -0.3 is 10.0 Å². The van der Waals surface area contributed by atoms with E-state index in [1.807, 2.05) is 6.07 Å². The molecule has 0 aliphatic heterocycles. The Hall–Kier alpha value is -1.06. The lowest BCUT2D eigenvalue weighted by molar-refractivity contribution is -0.140. The van der Waals surface area contributed by atoms with Gasteiger partial charge in [-0.05, 0) is 30.9 Å². The van der Waals surface area contributed by atoms with E-state index in [0.29, 0.717) is 6.42 Å². The fourth-order valence-corrected chi connectivity index (χ4v) is 3.54. The summed E-state index contributed by atoms with van der Waals surface area (Å²) in [5, 5.41) is 9.22. The second-order valence-electron chi connectivity index (χ2n) is 6.29. The summed E-state index contributed by atoms with van der Waals surface area (Å²) in [7, 11) is 2.10. The summed E-state index contributed by atoms with van der Waals surface area (Å²) in [6, 6.07) is 10.4. The van der Waals surface area contributed by atoms with E-state index in [4.69, 9.17) is 0 Å². The Labute approximate surface area is 133 Å². The van der Waals surface area contributed by atoms with Crippen LogP contribution in [0.3, 0.4) is 0 Å². The van der Waals surface area contributed by atoms with Crippen molar-refractivity contribution in [2.45, 2.75) is 45.1 Å². The van der Waals surface area contributed by atoms with E-state index >= 15 is 0 Å². The van der Waals surface area contributed by atoms with Gasteiger partial charge in [0.1, 0.15) is 0 Å². The van der Waals surface area contributed by atoms with Gasteiger partial charge in [-0.15, -0.1) is 12.4 Å². The molecule has 1 fully saturated rings. The Bertz CT molecular complexity index is 430. The smallest absolute Gasteiger partial charge is 0.303 e. The second kappa shape index (κ2) is 8.40. The zero-order valence-electron chi connectivity index (χ0n) is 12.8. The summed E-state index contributed by atoms with van der Waals surface area (Å²) in [5.74, 6) is -0.653. The van der Waals surface area contributed by atoms with Crippen molar-refractivity contribution in [3.63, 3.8) is 0 Å². The molecule has 0 aromatic heterocycles. The van der Waals surface area contributed by atoms with Crippen molar-refractivity contribution in [1.82, 2.24) is 4.90 Å². The summed E-state index contributed by atoms with van der Waals surface area (Å²) >= 11 is 0. The normalized spacial score (nSPS) is 17.2. The molecule has 0 heterocycles. The molecular weight excluding hydrogens is 286 g/mol. The molecule has 2 rings (SSSR count). The number of nitrogens with zero attached hydrogens (tertiary/aromatic N) is 1. The highest BCUT2D eigenvalue weighted by Crippen LogP contribution is 2.40. The molecule has 1 aliphatic rings. The number of carbonyl (C=O) groups is 1. The molecule has 1 saturated carbocycles. The summed E-state index contributed by atoms with van der Waals surface area (Å²) in [6.07, 6.45) is 6.02. The van der Waals surface area contributed by atoms with Gasteiger partial charge in [-0.25, -0.2) is 0 Å².